The number of carbonyl (C=O) groups is 1. The Balaban J connectivity index is 2.40. The summed E-state index contributed by atoms with van der Waals surface area (Å²) in [7, 11) is 0. The summed E-state index contributed by atoms with van der Waals surface area (Å²) in [6, 6.07) is 7.04. The molecule has 0 saturated carbocycles. The highest BCUT2D eigenvalue weighted by Crippen LogP contribution is 2.22. The van der Waals surface area contributed by atoms with Gasteiger partial charge in [0.15, 0.2) is 6.61 Å². The number of amides is 1. The van der Waals surface area contributed by atoms with Crippen LogP contribution in [0.4, 0.5) is 0 Å². The highest BCUT2D eigenvalue weighted by molar-refractivity contribution is 6.32. The molecule has 1 N–H and O–H groups in total. The number of hydrogen-bond acceptors (Lipinski definition) is 3. The molecule has 0 spiro atoms. The second kappa shape index (κ2) is 9.37. The molecular formula is C15H21ClN2O2. The largest absolute Gasteiger partial charge is 0.482 e. The summed E-state index contributed by atoms with van der Waals surface area (Å²) in [6.45, 7) is 4.06. The van der Waals surface area contributed by atoms with Crippen molar-refractivity contribution in [2.45, 2.75) is 39.5 Å². The van der Waals surface area contributed by atoms with E-state index >= 15 is 0 Å². The Labute approximate surface area is 125 Å². The van der Waals surface area contributed by atoms with Crippen LogP contribution < -0.4 is 10.2 Å². The Bertz CT molecular complexity index is 461. The zero-order chi connectivity index (χ0) is 14.8. The van der Waals surface area contributed by atoms with Gasteiger partial charge in [0.1, 0.15) is 5.75 Å². The van der Waals surface area contributed by atoms with Gasteiger partial charge in [-0.3, -0.25) is 4.79 Å². The van der Waals surface area contributed by atoms with E-state index < -0.39 is 0 Å². The SMILES string of the molecule is CCCC/C(CC)=N/NC(=O)COc1ccccc1Cl. The van der Waals surface area contributed by atoms with Gasteiger partial charge in [-0.15, -0.1) is 0 Å². The molecule has 0 fully saturated rings. The number of hydrogen-bond donors (Lipinski definition) is 1. The normalized spacial score (nSPS) is 11.2. The molecule has 1 aromatic carbocycles. The Hall–Kier alpha value is -1.55. The van der Waals surface area contributed by atoms with Crippen molar-refractivity contribution in [2.24, 2.45) is 5.10 Å². The summed E-state index contributed by atoms with van der Waals surface area (Å²) in [6.07, 6.45) is 3.95. The van der Waals surface area contributed by atoms with Crippen LogP contribution in [0.5, 0.6) is 5.75 Å². The van der Waals surface area contributed by atoms with Gasteiger partial charge < -0.3 is 4.74 Å². The third-order valence-electron chi connectivity index (χ3n) is 2.76. The van der Waals surface area contributed by atoms with E-state index in [4.69, 9.17) is 16.3 Å². The number of hydrazone groups is 1. The minimum Gasteiger partial charge on any atom is -0.482 e. The molecule has 0 aliphatic rings. The Morgan fingerprint density at radius 3 is 2.75 bits per heavy atom. The lowest BCUT2D eigenvalue weighted by atomic mass is 10.1. The average molecular weight is 297 g/mol. The minimum absolute atomic E-state index is 0.0992. The third-order valence-corrected chi connectivity index (χ3v) is 3.07. The van der Waals surface area contributed by atoms with Crippen molar-refractivity contribution in [3.8, 4) is 5.75 Å². The van der Waals surface area contributed by atoms with E-state index in [2.05, 4.69) is 17.5 Å². The quantitative estimate of drug-likeness (QED) is 0.586. The minimum atomic E-state index is -0.285. The van der Waals surface area contributed by atoms with Crippen molar-refractivity contribution in [3.63, 3.8) is 0 Å². The van der Waals surface area contributed by atoms with Crippen molar-refractivity contribution < 1.29 is 9.53 Å². The van der Waals surface area contributed by atoms with Gasteiger partial charge in [-0.25, -0.2) is 5.43 Å². The summed E-state index contributed by atoms with van der Waals surface area (Å²) >= 11 is 5.93. The summed E-state index contributed by atoms with van der Waals surface area (Å²) < 4.78 is 5.33. The summed E-state index contributed by atoms with van der Waals surface area (Å²) in [5.41, 5.74) is 3.51. The molecule has 4 nitrogen and oxygen atoms in total. The summed E-state index contributed by atoms with van der Waals surface area (Å²) in [5, 5.41) is 4.61. The van der Waals surface area contributed by atoms with Crippen LogP contribution >= 0.6 is 11.6 Å². The van der Waals surface area contributed by atoms with Crippen LogP contribution in [-0.4, -0.2) is 18.2 Å². The number of rotatable bonds is 8. The van der Waals surface area contributed by atoms with Gasteiger partial charge in [0, 0.05) is 5.71 Å². The molecule has 0 aliphatic carbocycles. The predicted octanol–water partition coefficient (Wildman–Crippen LogP) is 3.79. The molecule has 110 valence electrons. The number of nitrogens with zero attached hydrogens (tertiary/aromatic N) is 1. The fourth-order valence-electron chi connectivity index (χ4n) is 1.57. The third kappa shape index (κ3) is 6.06. The van der Waals surface area contributed by atoms with Crippen LogP contribution in [-0.2, 0) is 4.79 Å². The number of benzene rings is 1. The van der Waals surface area contributed by atoms with Gasteiger partial charge in [0.2, 0.25) is 0 Å². The van der Waals surface area contributed by atoms with E-state index in [1.54, 1.807) is 24.3 Å². The van der Waals surface area contributed by atoms with E-state index in [1.165, 1.54) is 0 Å². The lowest BCUT2D eigenvalue weighted by Gasteiger charge is -2.07. The molecule has 1 rings (SSSR count). The number of nitrogens with one attached hydrogen (secondary N) is 1. The van der Waals surface area contributed by atoms with Gasteiger partial charge in [-0.1, -0.05) is 44.0 Å². The molecule has 5 heteroatoms. The topological polar surface area (TPSA) is 50.7 Å². The van der Waals surface area contributed by atoms with Crippen molar-refractivity contribution in [1.29, 1.82) is 0 Å². The molecular weight excluding hydrogens is 276 g/mol. The lowest BCUT2D eigenvalue weighted by Crippen LogP contribution is -2.25. The number of para-hydroxylation sites is 1. The maximum Gasteiger partial charge on any atom is 0.277 e. The monoisotopic (exact) mass is 296 g/mol. The van der Waals surface area contributed by atoms with Gasteiger partial charge in [-0.2, -0.15) is 5.10 Å². The van der Waals surface area contributed by atoms with Crippen LogP contribution in [0.15, 0.2) is 29.4 Å². The maximum absolute atomic E-state index is 11.6. The number of carbonyl (C=O) groups excluding carboxylic acids is 1. The molecule has 1 amide bonds. The molecule has 20 heavy (non-hydrogen) atoms. The van der Waals surface area contributed by atoms with Gasteiger partial charge in [0.05, 0.1) is 5.02 Å². The standard InChI is InChI=1S/C15H21ClN2O2/c1-3-5-8-12(4-2)17-18-15(19)11-20-14-10-7-6-9-13(14)16/h6-7,9-10H,3-5,8,11H2,1-2H3,(H,18,19)/b17-12+. The molecule has 0 radical (unpaired) electrons. The zero-order valence-electron chi connectivity index (χ0n) is 12.0. The van der Waals surface area contributed by atoms with Crippen LogP contribution in [0.25, 0.3) is 0 Å². The van der Waals surface area contributed by atoms with Crippen molar-refractivity contribution in [1.82, 2.24) is 5.43 Å². The highest BCUT2D eigenvalue weighted by atomic mass is 35.5. The molecule has 0 aliphatic heterocycles. The fraction of sp³-hybridized carbons (Fsp3) is 0.467. The lowest BCUT2D eigenvalue weighted by molar-refractivity contribution is -0.123. The van der Waals surface area contributed by atoms with Crippen LogP contribution in [0.1, 0.15) is 39.5 Å². The smallest absolute Gasteiger partial charge is 0.277 e. The first kappa shape index (κ1) is 16.5. The van der Waals surface area contributed by atoms with Crippen LogP contribution in [0, 0.1) is 0 Å². The van der Waals surface area contributed by atoms with E-state index in [0.29, 0.717) is 10.8 Å². The Morgan fingerprint density at radius 2 is 2.10 bits per heavy atom. The van der Waals surface area contributed by atoms with E-state index in [9.17, 15) is 4.79 Å². The number of halogens is 1. The molecule has 0 aromatic heterocycles. The Morgan fingerprint density at radius 1 is 1.35 bits per heavy atom. The molecule has 0 bridgehead atoms. The molecule has 0 atom stereocenters. The predicted molar refractivity (Wildman–Crippen MR) is 82.3 cm³/mol. The highest BCUT2D eigenvalue weighted by Gasteiger charge is 2.05. The molecule has 1 aromatic rings. The number of ether oxygens (including phenoxy) is 1. The van der Waals surface area contributed by atoms with Crippen molar-refractivity contribution in [2.75, 3.05) is 6.61 Å². The van der Waals surface area contributed by atoms with Crippen LogP contribution in [0.3, 0.4) is 0 Å². The second-order valence-corrected chi connectivity index (χ2v) is 4.80. The van der Waals surface area contributed by atoms with Crippen molar-refractivity contribution >= 4 is 23.2 Å². The van der Waals surface area contributed by atoms with Gasteiger partial charge in [0.25, 0.3) is 5.91 Å². The van der Waals surface area contributed by atoms with Gasteiger partial charge in [-0.05, 0) is 31.4 Å². The van der Waals surface area contributed by atoms with E-state index in [1.807, 2.05) is 6.92 Å². The first-order chi connectivity index (χ1) is 9.67. The average Bonchev–Trinajstić information content (AvgIpc) is 2.46. The van der Waals surface area contributed by atoms with Gasteiger partial charge >= 0.3 is 0 Å². The van der Waals surface area contributed by atoms with E-state index in [-0.39, 0.29) is 12.5 Å². The fourth-order valence-corrected chi connectivity index (χ4v) is 1.76. The first-order valence-corrected chi connectivity index (χ1v) is 7.26. The van der Waals surface area contributed by atoms with Crippen LogP contribution in [0.2, 0.25) is 5.02 Å². The molecule has 0 saturated heterocycles. The molecule has 0 heterocycles. The van der Waals surface area contributed by atoms with E-state index in [0.717, 1.165) is 31.4 Å². The molecule has 0 unspecified atom stereocenters. The first-order valence-electron chi connectivity index (χ1n) is 6.89. The zero-order valence-corrected chi connectivity index (χ0v) is 12.7. The Kier molecular flexibility index (Phi) is 7.73. The number of unbranched alkanes of at least 4 members (excludes halogenated alkanes) is 1. The maximum atomic E-state index is 11.6. The second-order valence-electron chi connectivity index (χ2n) is 4.39. The van der Waals surface area contributed by atoms with Crippen molar-refractivity contribution in [3.05, 3.63) is 29.3 Å². The summed E-state index contributed by atoms with van der Waals surface area (Å²) in [5.74, 6) is 0.211. The summed E-state index contributed by atoms with van der Waals surface area (Å²) in [4.78, 5) is 11.6.